The van der Waals surface area contributed by atoms with E-state index in [1.807, 2.05) is 0 Å². The Hall–Kier alpha value is -0.120. The number of ether oxygens (including phenoxy) is 1. The predicted octanol–water partition coefficient (Wildman–Crippen LogP) is 1.55. The van der Waals surface area contributed by atoms with Crippen molar-refractivity contribution in [1.29, 1.82) is 0 Å². The van der Waals surface area contributed by atoms with Crippen LogP contribution in [0.1, 0.15) is 40.0 Å². The summed E-state index contributed by atoms with van der Waals surface area (Å²) in [4.78, 5) is 0. The van der Waals surface area contributed by atoms with Crippen molar-refractivity contribution in [1.82, 2.24) is 5.32 Å². The van der Waals surface area contributed by atoms with Crippen LogP contribution in [0.4, 0.5) is 0 Å². The Morgan fingerprint density at radius 1 is 1.40 bits per heavy atom. The van der Waals surface area contributed by atoms with Gasteiger partial charge in [0.2, 0.25) is 0 Å². The summed E-state index contributed by atoms with van der Waals surface area (Å²) in [6.07, 6.45) is 4.10. The van der Waals surface area contributed by atoms with Crippen molar-refractivity contribution >= 4 is 0 Å². The summed E-state index contributed by atoms with van der Waals surface area (Å²) in [6, 6.07) is 0.226. The van der Waals surface area contributed by atoms with E-state index in [2.05, 4.69) is 26.1 Å². The minimum Gasteiger partial charge on any atom is -0.395 e. The number of nitrogens with one attached hydrogen (secondary N) is 1. The average molecular weight is 215 g/mol. The molecule has 1 aliphatic heterocycles. The minimum absolute atomic E-state index is 0.223. The van der Waals surface area contributed by atoms with Crippen LogP contribution >= 0.6 is 0 Å². The predicted molar refractivity (Wildman–Crippen MR) is 61.9 cm³/mol. The molecule has 0 aromatic rings. The fraction of sp³-hybridized carbons (Fsp3) is 1.00. The van der Waals surface area contributed by atoms with Crippen LogP contribution in [-0.4, -0.2) is 36.5 Å². The molecule has 1 fully saturated rings. The molecule has 15 heavy (non-hydrogen) atoms. The number of rotatable bonds is 6. The van der Waals surface area contributed by atoms with Gasteiger partial charge >= 0.3 is 0 Å². The molecule has 1 rings (SSSR count). The standard InChI is InChI=1S/C12H25NO2/c1-9(2)6-11(8-14)13-7-12-5-4-10(3)15-12/h9-14H,4-8H2,1-3H3. The molecule has 3 atom stereocenters. The Morgan fingerprint density at radius 2 is 2.13 bits per heavy atom. The van der Waals surface area contributed by atoms with Gasteiger partial charge in [-0.3, -0.25) is 0 Å². The van der Waals surface area contributed by atoms with Crippen LogP contribution in [0.3, 0.4) is 0 Å². The van der Waals surface area contributed by atoms with Crippen molar-refractivity contribution in [3.05, 3.63) is 0 Å². The van der Waals surface area contributed by atoms with E-state index in [-0.39, 0.29) is 12.6 Å². The second-order valence-corrected chi connectivity index (χ2v) is 5.06. The van der Waals surface area contributed by atoms with Gasteiger partial charge in [0, 0.05) is 12.6 Å². The van der Waals surface area contributed by atoms with E-state index in [1.54, 1.807) is 0 Å². The zero-order chi connectivity index (χ0) is 11.3. The summed E-state index contributed by atoms with van der Waals surface area (Å²) in [6.45, 7) is 7.58. The molecule has 3 nitrogen and oxygen atoms in total. The van der Waals surface area contributed by atoms with Crippen LogP contribution in [0.5, 0.6) is 0 Å². The summed E-state index contributed by atoms with van der Waals surface area (Å²) in [5, 5.41) is 12.6. The fourth-order valence-electron chi connectivity index (χ4n) is 2.12. The van der Waals surface area contributed by atoms with Crippen molar-refractivity contribution < 1.29 is 9.84 Å². The monoisotopic (exact) mass is 215 g/mol. The summed E-state index contributed by atoms with van der Waals surface area (Å²) in [5.41, 5.74) is 0. The highest BCUT2D eigenvalue weighted by molar-refractivity contribution is 4.75. The Labute approximate surface area is 93.2 Å². The van der Waals surface area contributed by atoms with Gasteiger partial charge in [-0.15, -0.1) is 0 Å². The fourth-order valence-corrected chi connectivity index (χ4v) is 2.12. The molecule has 1 heterocycles. The maximum atomic E-state index is 9.20. The first kappa shape index (κ1) is 12.9. The van der Waals surface area contributed by atoms with Gasteiger partial charge in [-0.2, -0.15) is 0 Å². The van der Waals surface area contributed by atoms with Gasteiger partial charge in [-0.1, -0.05) is 13.8 Å². The van der Waals surface area contributed by atoms with E-state index < -0.39 is 0 Å². The van der Waals surface area contributed by atoms with Gasteiger partial charge in [-0.25, -0.2) is 0 Å². The van der Waals surface area contributed by atoms with Gasteiger partial charge in [0.05, 0.1) is 18.8 Å². The number of aliphatic hydroxyl groups is 1. The molecule has 3 unspecified atom stereocenters. The van der Waals surface area contributed by atoms with Crippen LogP contribution in [0.15, 0.2) is 0 Å². The highest BCUT2D eigenvalue weighted by atomic mass is 16.5. The van der Waals surface area contributed by atoms with Gasteiger partial charge in [0.25, 0.3) is 0 Å². The smallest absolute Gasteiger partial charge is 0.0704 e. The van der Waals surface area contributed by atoms with E-state index in [0.29, 0.717) is 18.1 Å². The van der Waals surface area contributed by atoms with E-state index in [9.17, 15) is 5.11 Å². The quantitative estimate of drug-likeness (QED) is 0.706. The first-order valence-electron chi connectivity index (χ1n) is 6.11. The molecule has 0 aromatic carbocycles. The topological polar surface area (TPSA) is 41.5 Å². The lowest BCUT2D eigenvalue weighted by Crippen LogP contribution is -2.38. The molecule has 0 bridgehead atoms. The van der Waals surface area contributed by atoms with Crippen LogP contribution in [0, 0.1) is 5.92 Å². The molecule has 3 heteroatoms. The number of aliphatic hydroxyl groups excluding tert-OH is 1. The van der Waals surface area contributed by atoms with Crippen molar-refractivity contribution in [3.8, 4) is 0 Å². The van der Waals surface area contributed by atoms with Crippen molar-refractivity contribution in [2.24, 2.45) is 5.92 Å². The molecule has 2 N–H and O–H groups in total. The van der Waals surface area contributed by atoms with Crippen molar-refractivity contribution in [3.63, 3.8) is 0 Å². The molecular formula is C12H25NO2. The molecule has 0 aliphatic carbocycles. The molecule has 1 aliphatic rings. The highest BCUT2D eigenvalue weighted by Gasteiger charge is 2.22. The third kappa shape index (κ3) is 4.96. The summed E-state index contributed by atoms with van der Waals surface area (Å²) < 4.78 is 5.72. The molecular weight excluding hydrogens is 190 g/mol. The summed E-state index contributed by atoms with van der Waals surface area (Å²) >= 11 is 0. The lowest BCUT2D eigenvalue weighted by atomic mass is 10.0. The maximum absolute atomic E-state index is 9.20. The lowest BCUT2D eigenvalue weighted by Gasteiger charge is -2.20. The zero-order valence-electron chi connectivity index (χ0n) is 10.2. The highest BCUT2D eigenvalue weighted by Crippen LogP contribution is 2.18. The van der Waals surface area contributed by atoms with Gasteiger partial charge in [0.15, 0.2) is 0 Å². The SMILES string of the molecule is CC(C)CC(CO)NCC1CCC(C)O1. The van der Waals surface area contributed by atoms with E-state index in [4.69, 9.17) is 4.74 Å². The van der Waals surface area contributed by atoms with Crippen molar-refractivity contribution in [2.45, 2.75) is 58.3 Å². The largest absolute Gasteiger partial charge is 0.395 e. The average Bonchev–Trinajstić information content (AvgIpc) is 2.58. The molecule has 0 saturated carbocycles. The van der Waals surface area contributed by atoms with Crippen molar-refractivity contribution in [2.75, 3.05) is 13.2 Å². The molecule has 90 valence electrons. The van der Waals surface area contributed by atoms with Gasteiger partial charge < -0.3 is 15.2 Å². The van der Waals surface area contributed by atoms with Gasteiger partial charge in [0.1, 0.15) is 0 Å². The molecule has 0 aromatic heterocycles. The molecule has 0 amide bonds. The summed E-state index contributed by atoms with van der Waals surface area (Å²) in [5.74, 6) is 0.623. The van der Waals surface area contributed by atoms with Crippen LogP contribution in [0.2, 0.25) is 0 Å². The number of hydrogen-bond acceptors (Lipinski definition) is 3. The molecule has 0 spiro atoms. The first-order valence-corrected chi connectivity index (χ1v) is 6.11. The Bertz CT molecular complexity index is 173. The molecule has 0 radical (unpaired) electrons. The van der Waals surface area contributed by atoms with Crippen LogP contribution < -0.4 is 5.32 Å². The van der Waals surface area contributed by atoms with Gasteiger partial charge in [-0.05, 0) is 32.1 Å². The first-order chi connectivity index (χ1) is 7.11. The van der Waals surface area contributed by atoms with E-state index in [1.165, 1.54) is 6.42 Å². The second-order valence-electron chi connectivity index (χ2n) is 5.06. The normalized spacial score (nSPS) is 28.6. The molecule has 1 saturated heterocycles. The minimum atomic E-state index is 0.223. The zero-order valence-corrected chi connectivity index (χ0v) is 10.2. The third-order valence-corrected chi connectivity index (χ3v) is 2.93. The Morgan fingerprint density at radius 3 is 2.60 bits per heavy atom. The Kier molecular flexibility index (Phi) is 5.58. The summed E-state index contributed by atoms with van der Waals surface area (Å²) in [7, 11) is 0. The van der Waals surface area contributed by atoms with Crippen LogP contribution in [-0.2, 0) is 4.74 Å². The lowest BCUT2D eigenvalue weighted by molar-refractivity contribution is 0.0520. The maximum Gasteiger partial charge on any atom is 0.0704 e. The van der Waals surface area contributed by atoms with Crippen LogP contribution in [0.25, 0.3) is 0 Å². The second kappa shape index (κ2) is 6.46. The van der Waals surface area contributed by atoms with E-state index >= 15 is 0 Å². The third-order valence-electron chi connectivity index (χ3n) is 2.93. The Balaban J connectivity index is 2.16. The van der Waals surface area contributed by atoms with E-state index in [0.717, 1.165) is 19.4 Å². The number of hydrogen-bond donors (Lipinski definition) is 2.